The molecular formula is C23H34IN7O. The second-order valence-electron chi connectivity index (χ2n) is 8.68. The van der Waals surface area contributed by atoms with Crippen LogP contribution in [0.4, 0.5) is 0 Å². The Morgan fingerprint density at radius 2 is 2.00 bits per heavy atom. The Morgan fingerprint density at radius 3 is 2.62 bits per heavy atom. The van der Waals surface area contributed by atoms with Crippen molar-refractivity contribution < 1.29 is 4.79 Å². The molecule has 2 aromatic heterocycles. The summed E-state index contributed by atoms with van der Waals surface area (Å²) >= 11 is 0. The van der Waals surface area contributed by atoms with Gasteiger partial charge in [-0.1, -0.05) is 18.9 Å². The summed E-state index contributed by atoms with van der Waals surface area (Å²) in [5.74, 6) is 2.16. The molecule has 0 spiro atoms. The first-order valence-electron chi connectivity index (χ1n) is 11.3. The monoisotopic (exact) mass is 551 g/mol. The Labute approximate surface area is 207 Å². The van der Waals surface area contributed by atoms with Crippen LogP contribution in [0.1, 0.15) is 49.1 Å². The Morgan fingerprint density at radius 1 is 1.22 bits per heavy atom. The van der Waals surface area contributed by atoms with Gasteiger partial charge >= 0.3 is 0 Å². The van der Waals surface area contributed by atoms with Crippen LogP contribution in [0.2, 0.25) is 0 Å². The van der Waals surface area contributed by atoms with Crippen molar-refractivity contribution in [3.8, 4) is 5.82 Å². The van der Waals surface area contributed by atoms with E-state index in [9.17, 15) is 4.79 Å². The molecule has 2 N–H and O–H groups in total. The molecule has 0 bridgehead atoms. The van der Waals surface area contributed by atoms with Crippen molar-refractivity contribution in [3.05, 3.63) is 41.3 Å². The Hall–Kier alpha value is -2.17. The summed E-state index contributed by atoms with van der Waals surface area (Å²) in [5, 5.41) is 11.3. The van der Waals surface area contributed by atoms with Gasteiger partial charge in [-0.05, 0) is 50.8 Å². The normalized spacial score (nSPS) is 19.2. The van der Waals surface area contributed by atoms with E-state index in [0.29, 0.717) is 12.5 Å². The summed E-state index contributed by atoms with van der Waals surface area (Å²) in [7, 11) is 1.77. The molecule has 9 heteroatoms. The SMILES string of the molecule is CN=C(NCc1ccc(-n2nc(C)cc2C)nc1)NC1CCN(C(=O)C2CCCC2)C1.I. The van der Waals surface area contributed by atoms with Gasteiger partial charge in [0.25, 0.3) is 0 Å². The number of aryl methyl sites for hydroxylation is 2. The number of halogens is 1. The van der Waals surface area contributed by atoms with Gasteiger partial charge in [-0.25, -0.2) is 9.67 Å². The van der Waals surface area contributed by atoms with E-state index < -0.39 is 0 Å². The van der Waals surface area contributed by atoms with Crippen molar-refractivity contribution in [1.82, 2.24) is 30.3 Å². The third kappa shape index (κ3) is 5.79. The fraction of sp³-hybridized carbons (Fsp3) is 0.565. The van der Waals surface area contributed by atoms with Crippen LogP contribution in [-0.2, 0) is 11.3 Å². The molecular weight excluding hydrogens is 517 g/mol. The predicted octanol–water partition coefficient (Wildman–Crippen LogP) is 2.96. The molecule has 2 aliphatic rings. The molecule has 1 saturated heterocycles. The van der Waals surface area contributed by atoms with Gasteiger partial charge in [0.05, 0.1) is 5.69 Å². The number of aliphatic imine (C=N–C) groups is 1. The topological polar surface area (TPSA) is 87.4 Å². The number of pyridine rings is 1. The molecule has 3 heterocycles. The number of nitrogens with zero attached hydrogens (tertiary/aromatic N) is 5. The highest BCUT2D eigenvalue weighted by Gasteiger charge is 2.32. The van der Waals surface area contributed by atoms with E-state index in [0.717, 1.165) is 61.1 Å². The van der Waals surface area contributed by atoms with Crippen LogP contribution >= 0.6 is 24.0 Å². The number of carbonyl (C=O) groups is 1. The van der Waals surface area contributed by atoms with Crippen molar-refractivity contribution in [1.29, 1.82) is 0 Å². The smallest absolute Gasteiger partial charge is 0.225 e. The second-order valence-corrected chi connectivity index (χ2v) is 8.68. The fourth-order valence-corrected chi connectivity index (χ4v) is 4.59. The average Bonchev–Trinajstić information content (AvgIpc) is 3.52. The summed E-state index contributed by atoms with van der Waals surface area (Å²) in [4.78, 5) is 23.6. The van der Waals surface area contributed by atoms with Crippen LogP contribution in [0.5, 0.6) is 0 Å². The lowest BCUT2D eigenvalue weighted by atomic mass is 10.1. The largest absolute Gasteiger partial charge is 0.352 e. The maximum atomic E-state index is 12.7. The molecule has 1 atom stereocenters. The molecule has 4 rings (SSSR count). The Balaban J connectivity index is 0.00000289. The number of hydrogen-bond acceptors (Lipinski definition) is 4. The number of aromatic nitrogens is 3. The molecule has 1 aliphatic carbocycles. The minimum absolute atomic E-state index is 0. The van der Waals surface area contributed by atoms with Gasteiger partial charge in [0, 0.05) is 50.5 Å². The summed E-state index contributed by atoms with van der Waals surface area (Å²) in [5.41, 5.74) is 3.12. The number of hydrogen-bond donors (Lipinski definition) is 2. The molecule has 0 aromatic carbocycles. The number of amides is 1. The first-order chi connectivity index (χ1) is 15.0. The first kappa shape index (κ1) is 24.5. The van der Waals surface area contributed by atoms with Gasteiger partial charge in [0.2, 0.25) is 5.91 Å². The zero-order valence-corrected chi connectivity index (χ0v) is 21.5. The summed E-state index contributed by atoms with van der Waals surface area (Å²) in [6.07, 6.45) is 7.33. The molecule has 1 aliphatic heterocycles. The van der Waals surface area contributed by atoms with Crippen LogP contribution < -0.4 is 10.6 Å². The molecule has 1 unspecified atom stereocenters. The Kier molecular flexibility index (Phi) is 8.50. The molecule has 1 amide bonds. The highest BCUT2D eigenvalue weighted by molar-refractivity contribution is 14.0. The second kappa shape index (κ2) is 11.1. The average molecular weight is 551 g/mol. The van der Waals surface area contributed by atoms with Gasteiger partial charge in [0.1, 0.15) is 0 Å². The summed E-state index contributed by atoms with van der Waals surface area (Å²) < 4.78 is 1.85. The third-order valence-electron chi connectivity index (χ3n) is 6.26. The maximum Gasteiger partial charge on any atom is 0.225 e. The molecule has 2 fully saturated rings. The molecule has 8 nitrogen and oxygen atoms in total. The van der Waals surface area contributed by atoms with Gasteiger partial charge in [-0.3, -0.25) is 9.79 Å². The highest BCUT2D eigenvalue weighted by atomic mass is 127. The third-order valence-corrected chi connectivity index (χ3v) is 6.26. The minimum atomic E-state index is 0. The number of likely N-dealkylation sites (tertiary alicyclic amines) is 1. The number of carbonyl (C=O) groups excluding carboxylic acids is 1. The van der Waals surface area contributed by atoms with Crippen molar-refractivity contribution in [3.63, 3.8) is 0 Å². The summed E-state index contributed by atoms with van der Waals surface area (Å²) in [6, 6.07) is 6.31. The molecule has 0 radical (unpaired) electrons. The van der Waals surface area contributed by atoms with Gasteiger partial charge in [-0.2, -0.15) is 5.10 Å². The van der Waals surface area contributed by atoms with Crippen molar-refractivity contribution in [2.75, 3.05) is 20.1 Å². The zero-order chi connectivity index (χ0) is 21.8. The van der Waals surface area contributed by atoms with Gasteiger partial charge in [-0.15, -0.1) is 24.0 Å². The zero-order valence-electron chi connectivity index (χ0n) is 19.2. The predicted molar refractivity (Wildman–Crippen MR) is 137 cm³/mol. The van der Waals surface area contributed by atoms with Crippen LogP contribution in [0.25, 0.3) is 5.82 Å². The standard InChI is InChI=1S/C23H33N7O.HI/c1-16-12-17(2)30(28-16)21-9-8-18(13-25-21)14-26-23(24-3)27-20-10-11-29(15-20)22(31)19-6-4-5-7-19;/h8-9,12-13,19-20H,4-7,10-11,14-15H2,1-3H3,(H2,24,26,27);1H. The van der Waals surface area contributed by atoms with Crippen molar-refractivity contribution >= 4 is 35.8 Å². The molecule has 174 valence electrons. The minimum Gasteiger partial charge on any atom is -0.352 e. The van der Waals surface area contributed by atoms with E-state index in [2.05, 4.69) is 31.8 Å². The lowest BCUT2D eigenvalue weighted by molar-refractivity contribution is -0.134. The van der Waals surface area contributed by atoms with E-state index in [4.69, 9.17) is 0 Å². The number of nitrogens with one attached hydrogen (secondary N) is 2. The van der Waals surface area contributed by atoms with E-state index in [1.807, 2.05) is 41.8 Å². The number of rotatable bonds is 5. The lowest BCUT2D eigenvalue weighted by Gasteiger charge is -2.21. The number of guanidine groups is 1. The van der Waals surface area contributed by atoms with E-state index >= 15 is 0 Å². The van der Waals surface area contributed by atoms with E-state index in [1.165, 1.54) is 12.8 Å². The van der Waals surface area contributed by atoms with Gasteiger partial charge in [0.15, 0.2) is 11.8 Å². The van der Waals surface area contributed by atoms with Crippen LogP contribution in [-0.4, -0.2) is 57.7 Å². The van der Waals surface area contributed by atoms with Crippen LogP contribution in [0, 0.1) is 19.8 Å². The van der Waals surface area contributed by atoms with E-state index in [1.54, 1.807) is 7.05 Å². The van der Waals surface area contributed by atoms with Crippen LogP contribution in [0.15, 0.2) is 29.4 Å². The quantitative estimate of drug-likeness (QED) is 0.339. The molecule has 32 heavy (non-hydrogen) atoms. The first-order valence-corrected chi connectivity index (χ1v) is 11.3. The van der Waals surface area contributed by atoms with Crippen molar-refractivity contribution in [2.24, 2.45) is 10.9 Å². The Bertz CT molecular complexity index is 934. The lowest BCUT2D eigenvalue weighted by Crippen LogP contribution is -2.45. The molecule has 2 aromatic rings. The van der Waals surface area contributed by atoms with Crippen LogP contribution in [0.3, 0.4) is 0 Å². The van der Waals surface area contributed by atoms with E-state index in [-0.39, 0.29) is 35.9 Å². The fourth-order valence-electron chi connectivity index (χ4n) is 4.59. The highest BCUT2D eigenvalue weighted by Crippen LogP contribution is 2.27. The van der Waals surface area contributed by atoms with Gasteiger partial charge < -0.3 is 15.5 Å². The molecule has 1 saturated carbocycles. The van der Waals surface area contributed by atoms with Crippen molar-refractivity contribution in [2.45, 2.75) is 58.5 Å². The maximum absolute atomic E-state index is 12.7. The summed E-state index contributed by atoms with van der Waals surface area (Å²) in [6.45, 7) is 6.23.